The van der Waals surface area contributed by atoms with Crippen LogP contribution in [0.5, 0.6) is 0 Å². The Kier molecular flexibility index (Phi) is 3.25. The number of rotatable bonds is 2. The van der Waals surface area contributed by atoms with Crippen LogP contribution in [0.3, 0.4) is 0 Å². The zero-order chi connectivity index (χ0) is 12.4. The second-order valence-corrected chi connectivity index (χ2v) is 4.26. The third-order valence-corrected chi connectivity index (χ3v) is 3.02. The average molecular weight is 230 g/mol. The van der Waals surface area contributed by atoms with Gasteiger partial charge in [0.05, 0.1) is 0 Å². The molecular weight excluding hydrogens is 215 g/mol. The molecule has 0 aliphatic carbocycles. The van der Waals surface area contributed by atoms with E-state index >= 15 is 0 Å². The van der Waals surface area contributed by atoms with Crippen LogP contribution < -0.4 is 0 Å². The quantitative estimate of drug-likeness (QED) is 0.836. The van der Waals surface area contributed by atoms with E-state index < -0.39 is 6.10 Å². The molecule has 1 atom stereocenters. The third-order valence-electron chi connectivity index (χ3n) is 3.02. The molecule has 0 aliphatic heterocycles. The van der Waals surface area contributed by atoms with Gasteiger partial charge in [0.1, 0.15) is 11.9 Å². The highest BCUT2D eigenvalue weighted by Crippen LogP contribution is 2.27. The molecule has 0 heterocycles. The third kappa shape index (κ3) is 2.37. The molecule has 2 aromatic rings. The Labute approximate surface area is 101 Å². The second-order valence-electron chi connectivity index (χ2n) is 4.26. The van der Waals surface area contributed by atoms with E-state index in [-0.39, 0.29) is 5.82 Å². The first-order chi connectivity index (χ1) is 8.09. The first kappa shape index (κ1) is 11.8. The molecule has 0 fully saturated rings. The minimum atomic E-state index is -0.771. The molecule has 17 heavy (non-hydrogen) atoms. The number of halogens is 1. The van der Waals surface area contributed by atoms with E-state index in [0.29, 0.717) is 5.56 Å². The molecule has 2 heteroatoms. The van der Waals surface area contributed by atoms with E-state index in [0.717, 1.165) is 16.7 Å². The maximum absolute atomic E-state index is 13.2. The topological polar surface area (TPSA) is 20.2 Å². The highest BCUT2D eigenvalue weighted by atomic mass is 19.1. The summed E-state index contributed by atoms with van der Waals surface area (Å²) in [5.74, 6) is -0.321. The van der Waals surface area contributed by atoms with Crippen molar-refractivity contribution in [3.05, 3.63) is 70.5 Å². The van der Waals surface area contributed by atoms with Crippen molar-refractivity contribution in [1.29, 1.82) is 0 Å². The Morgan fingerprint density at radius 3 is 2.29 bits per heavy atom. The van der Waals surface area contributed by atoms with Gasteiger partial charge in [-0.15, -0.1) is 0 Å². The highest BCUT2D eigenvalue weighted by Gasteiger charge is 2.15. The molecule has 0 radical (unpaired) electrons. The summed E-state index contributed by atoms with van der Waals surface area (Å²) in [7, 11) is 0. The lowest BCUT2D eigenvalue weighted by atomic mass is 9.94. The first-order valence-electron chi connectivity index (χ1n) is 5.59. The number of aliphatic hydroxyl groups is 1. The van der Waals surface area contributed by atoms with Crippen molar-refractivity contribution in [3.8, 4) is 0 Å². The van der Waals surface area contributed by atoms with Crippen molar-refractivity contribution in [1.82, 2.24) is 0 Å². The Morgan fingerprint density at radius 2 is 1.59 bits per heavy atom. The maximum Gasteiger partial charge on any atom is 0.123 e. The van der Waals surface area contributed by atoms with Crippen LogP contribution in [0.2, 0.25) is 0 Å². The van der Waals surface area contributed by atoms with Crippen LogP contribution >= 0.6 is 0 Å². The van der Waals surface area contributed by atoms with Gasteiger partial charge in [-0.2, -0.15) is 0 Å². The second kappa shape index (κ2) is 4.68. The fraction of sp³-hybridized carbons (Fsp3) is 0.200. The van der Waals surface area contributed by atoms with Crippen LogP contribution in [0.1, 0.15) is 28.4 Å². The van der Waals surface area contributed by atoms with Crippen molar-refractivity contribution < 1.29 is 9.50 Å². The van der Waals surface area contributed by atoms with E-state index in [2.05, 4.69) is 0 Å². The number of aliphatic hydroxyl groups excluding tert-OH is 1. The van der Waals surface area contributed by atoms with Crippen LogP contribution in [0.25, 0.3) is 0 Å². The van der Waals surface area contributed by atoms with Gasteiger partial charge in [0, 0.05) is 0 Å². The molecule has 0 aromatic heterocycles. The minimum absolute atomic E-state index is 0.321. The van der Waals surface area contributed by atoms with Gasteiger partial charge in [0.25, 0.3) is 0 Å². The fourth-order valence-electron chi connectivity index (χ4n) is 1.97. The predicted molar refractivity (Wildman–Crippen MR) is 66.4 cm³/mol. The Morgan fingerprint density at radius 1 is 0.941 bits per heavy atom. The number of aryl methyl sites for hydroxylation is 2. The summed E-state index contributed by atoms with van der Waals surface area (Å²) >= 11 is 0. The maximum atomic E-state index is 13.2. The molecule has 88 valence electrons. The van der Waals surface area contributed by atoms with Crippen molar-refractivity contribution in [3.63, 3.8) is 0 Å². The summed E-state index contributed by atoms with van der Waals surface area (Å²) in [6.07, 6.45) is -0.771. The molecule has 1 N–H and O–H groups in total. The van der Waals surface area contributed by atoms with Crippen molar-refractivity contribution in [2.75, 3.05) is 0 Å². The standard InChI is InChI=1S/C15H15FO/c1-10-5-3-4-6-13(10)15(17)14-9-12(16)8-7-11(14)2/h3-9,15,17H,1-2H3. The van der Waals surface area contributed by atoms with Gasteiger partial charge in [-0.25, -0.2) is 4.39 Å². The molecule has 0 bridgehead atoms. The summed E-state index contributed by atoms with van der Waals surface area (Å²) in [5, 5.41) is 10.3. The van der Waals surface area contributed by atoms with E-state index in [1.807, 2.05) is 38.1 Å². The van der Waals surface area contributed by atoms with Crippen LogP contribution in [0.15, 0.2) is 42.5 Å². The lowest BCUT2D eigenvalue weighted by molar-refractivity contribution is 0.218. The molecule has 2 aromatic carbocycles. The number of benzene rings is 2. The highest BCUT2D eigenvalue weighted by molar-refractivity contribution is 5.38. The SMILES string of the molecule is Cc1ccccc1C(O)c1cc(F)ccc1C. The molecule has 0 saturated heterocycles. The Hall–Kier alpha value is -1.67. The van der Waals surface area contributed by atoms with E-state index in [1.54, 1.807) is 6.07 Å². The summed E-state index contributed by atoms with van der Waals surface area (Å²) < 4.78 is 13.2. The van der Waals surface area contributed by atoms with Gasteiger partial charge in [-0.3, -0.25) is 0 Å². The van der Waals surface area contributed by atoms with Gasteiger partial charge < -0.3 is 5.11 Å². The summed E-state index contributed by atoms with van der Waals surface area (Å²) in [6, 6.07) is 12.1. The van der Waals surface area contributed by atoms with Gasteiger partial charge in [-0.05, 0) is 48.2 Å². The van der Waals surface area contributed by atoms with Crippen molar-refractivity contribution >= 4 is 0 Å². The lowest BCUT2D eigenvalue weighted by Gasteiger charge is -2.16. The summed E-state index contributed by atoms with van der Waals surface area (Å²) in [4.78, 5) is 0. The van der Waals surface area contributed by atoms with Crippen LogP contribution in [0.4, 0.5) is 4.39 Å². The Bertz CT molecular complexity index is 534. The first-order valence-corrected chi connectivity index (χ1v) is 5.59. The normalized spacial score (nSPS) is 12.5. The van der Waals surface area contributed by atoms with Crippen LogP contribution in [-0.2, 0) is 0 Å². The summed E-state index contributed by atoms with van der Waals surface area (Å²) in [6.45, 7) is 3.81. The molecule has 0 spiro atoms. The van der Waals surface area contributed by atoms with Gasteiger partial charge in [-0.1, -0.05) is 30.3 Å². The van der Waals surface area contributed by atoms with Crippen molar-refractivity contribution in [2.45, 2.75) is 20.0 Å². The van der Waals surface area contributed by atoms with E-state index in [1.165, 1.54) is 12.1 Å². The summed E-state index contributed by atoms with van der Waals surface area (Å²) in [5.41, 5.74) is 3.34. The molecular formula is C15H15FO. The number of hydrogen-bond acceptors (Lipinski definition) is 1. The molecule has 0 aliphatic rings. The minimum Gasteiger partial charge on any atom is -0.384 e. The lowest BCUT2D eigenvalue weighted by Crippen LogP contribution is -2.04. The Balaban J connectivity index is 2.47. The van der Waals surface area contributed by atoms with Gasteiger partial charge in [0.2, 0.25) is 0 Å². The largest absolute Gasteiger partial charge is 0.384 e. The fourth-order valence-corrected chi connectivity index (χ4v) is 1.97. The number of hydrogen-bond donors (Lipinski definition) is 1. The predicted octanol–water partition coefficient (Wildman–Crippen LogP) is 3.52. The molecule has 1 unspecified atom stereocenters. The molecule has 2 rings (SSSR count). The zero-order valence-electron chi connectivity index (χ0n) is 9.94. The van der Waals surface area contributed by atoms with Crippen LogP contribution in [-0.4, -0.2) is 5.11 Å². The molecule has 0 amide bonds. The van der Waals surface area contributed by atoms with Crippen molar-refractivity contribution in [2.24, 2.45) is 0 Å². The molecule has 1 nitrogen and oxygen atoms in total. The average Bonchev–Trinajstić information content (AvgIpc) is 2.32. The smallest absolute Gasteiger partial charge is 0.123 e. The monoisotopic (exact) mass is 230 g/mol. The van der Waals surface area contributed by atoms with E-state index in [4.69, 9.17) is 0 Å². The zero-order valence-corrected chi connectivity index (χ0v) is 9.94. The van der Waals surface area contributed by atoms with Gasteiger partial charge >= 0.3 is 0 Å². The van der Waals surface area contributed by atoms with Gasteiger partial charge in [0.15, 0.2) is 0 Å². The molecule has 0 saturated carbocycles. The van der Waals surface area contributed by atoms with E-state index in [9.17, 15) is 9.50 Å². The van der Waals surface area contributed by atoms with Crippen LogP contribution in [0, 0.1) is 19.7 Å².